The summed E-state index contributed by atoms with van der Waals surface area (Å²) in [6.07, 6.45) is 0. The summed E-state index contributed by atoms with van der Waals surface area (Å²) >= 11 is 1.59. The van der Waals surface area contributed by atoms with Crippen LogP contribution in [0.2, 0.25) is 0 Å². The number of thiazole rings is 1. The Morgan fingerprint density at radius 1 is 1.22 bits per heavy atom. The number of hydrogen-bond donors (Lipinski definition) is 1. The van der Waals surface area contributed by atoms with Crippen LogP contribution in [-0.4, -0.2) is 4.98 Å². The van der Waals surface area contributed by atoms with Crippen molar-refractivity contribution in [2.75, 3.05) is 5.32 Å². The Labute approximate surface area is 111 Å². The van der Waals surface area contributed by atoms with Crippen LogP contribution in [0.15, 0.2) is 29.6 Å². The number of nitriles is 1. The molecule has 1 heterocycles. The van der Waals surface area contributed by atoms with Crippen molar-refractivity contribution in [1.82, 2.24) is 4.98 Å². The van der Waals surface area contributed by atoms with Crippen LogP contribution in [0.4, 0.5) is 10.8 Å². The van der Waals surface area contributed by atoms with Gasteiger partial charge in [0.25, 0.3) is 0 Å². The van der Waals surface area contributed by atoms with Crippen LogP contribution in [0.25, 0.3) is 0 Å². The van der Waals surface area contributed by atoms with Crippen molar-refractivity contribution in [2.45, 2.75) is 26.2 Å². The summed E-state index contributed by atoms with van der Waals surface area (Å²) in [4.78, 5) is 4.56. The molecular weight excluding hydrogens is 242 g/mol. The first-order valence-electron chi connectivity index (χ1n) is 5.72. The van der Waals surface area contributed by atoms with E-state index in [0.29, 0.717) is 5.56 Å². The second-order valence-corrected chi connectivity index (χ2v) is 5.96. The van der Waals surface area contributed by atoms with E-state index in [-0.39, 0.29) is 5.41 Å². The van der Waals surface area contributed by atoms with E-state index in [1.165, 1.54) is 0 Å². The molecule has 0 aliphatic carbocycles. The number of nitrogens with one attached hydrogen (secondary N) is 1. The maximum Gasteiger partial charge on any atom is 0.187 e. The molecule has 0 unspecified atom stereocenters. The highest BCUT2D eigenvalue weighted by Crippen LogP contribution is 2.28. The maximum absolute atomic E-state index is 8.73. The van der Waals surface area contributed by atoms with Gasteiger partial charge in [-0.2, -0.15) is 5.26 Å². The van der Waals surface area contributed by atoms with E-state index in [1.54, 1.807) is 23.5 Å². The highest BCUT2D eigenvalue weighted by molar-refractivity contribution is 7.13. The third-order valence-corrected chi connectivity index (χ3v) is 3.30. The topological polar surface area (TPSA) is 48.7 Å². The van der Waals surface area contributed by atoms with Crippen LogP contribution < -0.4 is 5.32 Å². The molecular formula is C14H15N3S. The first-order chi connectivity index (χ1) is 8.49. The number of nitrogens with zero attached hydrogens (tertiary/aromatic N) is 2. The Balaban J connectivity index is 2.14. The highest BCUT2D eigenvalue weighted by atomic mass is 32.1. The van der Waals surface area contributed by atoms with E-state index in [4.69, 9.17) is 5.26 Å². The SMILES string of the molecule is CC(C)(C)c1csc(Nc2ccc(C#N)cc2)n1. The molecule has 0 fully saturated rings. The van der Waals surface area contributed by atoms with Crippen LogP contribution in [-0.2, 0) is 5.41 Å². The molecule has 0 saturated carbocycles. The van der Waals surface area contributed by atoms with Crippen molar-refractivity contribution in [3.05, 3.63) is 40.9 Å². The van der Waals surface area contributed by atoms with Gasteiger partial charge in [0, 0.05) is 16.5 Å². The molecule has 1 aromatic carbocycles. The Morgan fingerprint density at radius 2 is 1.89 bits per heavy atom. The quantitative estimate of drug-likeness (QED) is 0.882. The third-order valence-electron chi connectivity index (χ3n) is 2.54. The smallest absolute Gasteiger partial charge is 0.187 e. The van der Waals surface area contributed by atoms with Crippen molar-refractivity contribution in [2.24, 2.45) is 0 Å². The molecule has 2 rings (SSSR count). The minimum Gasteiger partial charge on any atom is -0.332 e. The Morgan fingerprint density at radius 3 is 2.39 bits per heavy atom. The van der Waals surface area contributed by atoms with Gasteiger partial charge in [-0.1, -0.05) is 20.8 Å². The minimum absolute atomic E-state index is 0.0705. The van der Waals surface area contributed by atoms with Crippen LogP contribution in [0.5, 0.6) is 0 Å². The minimum atomic E-state index is 0.0705. The Bertz CT molecular complexity index is 570. The van der Waals surface area contributed by atoms with Gasteiger partial charge >= 0.3 is 0 Å². The molecule has 0 spiro atoms. The number of hydrogen-bond acceptors (Lipinski definition) is 4. The van der Waals surface area contributed by atoms with Gasteiger partial charge in [0.1, 0.15) is 0 Å². The lowest BCUT2D eigenvalue weighted by Gasteiger charge is -2.14. The van der Waals surface area contributed by atoms with Crippen molar-refractivity contribution >= 4 is 22.2 Å². The van der Waals surface area contributed by atoms with Gasteiger partial charge in [-0.05, 0) is 24.3 Å². The third kappa shape index (κ3) is 2.88. The maximum atomic E-state index is 8.73. The average Bonchev–Trinajstić information content (AvgIpc) is 2.78. The highest BCUT2D eigenvalue weighted by Gasteiger charge is 2.17. The van der Waals surface area contributed by atoms with Crippen molar-refractivity contribution in [3.8, 4) is 6.07 Å². The van der Waals surface area contributed by atoms with Gasteiger partial charge in [-0.25, -0.2) is 4.98 Å². The van der Waals surface area contributed by atoms with E-state index < -0.39 is 0 Å². The summed E-state index contributed by atoms with van der Waals surface area (Å²) in [5, 5.41) is 14.9. The van der Waals surface area contributed by atoms with Gasteiger partial charge in [0.2, 0.25) is 0 Å². The van der Waals surface area contributed by atoms with Crippen LogP contribution in [0.3, 0.4) is 0 Å². The monoisotopic (exact) mass is 257 g/mol. The molecule has 3 nitrogen and oxygen atoms in total. The first kappa shape index (κ1) is 12.6. The lowest BCUT2D eigenvalue weighted by molar-refractivity contribution is 0.573. The van der Waals surface area contributed by atoms with Crippen LogP contribution >= 0.6 is 11.3 Å². The predicted octanol–water partition coefficient (Wildman–Crippen LogP) is 4.06. The molecule has 1 aromatic heterocycles. The molecule has 0 bridgehead atoms. The average molecular weight is 257 g/mol. The van der Waals surface area contributed by atoms with E-state index in [2.05, 4.69) is 42.5 Å². The number of rotatable bonds is 2. The standard InChI is InChI=1S/C14H15N3S/c1-14(2,3)12-9-18-13(17-12)16-11-6-4-10(8-15)5-7-11/h4-7,9H,1-3H3,(H,16,17). The molecule has 0 aliphatic heterocycles. The second-order valence-electron chi connectivity index (χ2n) is 5.10. The second kappa shape index (κ2) is 4.79. The zero-order valence-electron chi connectivity index (χ0n) is 10.7. The molecule has 0 saturated heterocycles. The van der Waals surface area contributed by atoms with Gasteiger partial charge in [0.15, 0.2) is 5.13 Å². The summed E-state index contributed by atoms with van der Waals surface area (Å²) in [7, 11) is 0. The zero-order valence-corrected chi connectivity index (χ0v) is 11.5. The number of aromatic nitrogens is 1. The molecule has 0 atom stereocenters. The largest absolute Gasteiger partial charge is 0.332 e. The van der Waals surface area contributed by atoms with Gasteiger partial charge in [0.05, 0.1) is 17.3 Å². The lowest BCUT2D eigenvalue weighted by Crippen LogP contribution is -2.11. The predicted molar refractivity (Wildman–Crippen MR) is 75.3 cm³/mol. The van der Waals surface area contributed by atoms with Gasteiger partial charge in [-0.15, -0.1) is 11.3 Å². The number of anilines is 2. The zero-order chi connectivity index (χ0) is 13.2. The molecule has 2 aromatic rings. The van der Waals surface area contributed by atoms with Crippen molar-refractivity contribution in [1.29, 1.82) is 5.26 Å². The Hall–Kier alpha value is -1.86. The first-order valence-corrected chi connectivity index (χ1v) is 6.60. The molecule has 4 heteroatoms. The summed E-state index contributed by atoms with van der Waals surface area (Å²) in [6.45, 7) is 6.44. The van der Waals surface area contributed by atoms with Gasteiger partial charge in [-0.3, -0.25) is 0 Å². The van der Waals surface area contributed by atoms with Crippen molar-refractivity contribution < 1.29 is 0 Å². The van der Waals surface area contributed by atoms with E-state index in [9.17, 15) is 0 Å². The Kier molecular flexibility index (Phi) is 3.35. The van der Waals surface area contributed by atoms with E-state index >= 15 is 0 Å². The summed E-state index contributed by atoms with van der Waals surface area (Å²) in [6, 6.07) is 9.46. The normalized spacial score (nSPS) is 11.0. The lowest BCUT2D eigenvalue weighted by atomic mass is 9.93. The van der Waals surface area contributed by atoms with Crippen LogP contribution in [0.1, 0.15) is 32.0 Å². The van der Waals surface area contributed by atoms with Crippen molar-refractivity contribution in [3.63, 3.8) is 0 Å². The summed E-state index contributed by atoms with van der Waals surface area (Å²) < 4.78 is 0. The molecule has 1 N–H and O–H groups in total. The fourth-order valence-corrected chi connectivity index (χ4v) is 2.38. The molecule has 0 amide bonds. The summed E-state index contributed by atoms with van der Waals surface area (Å²) in [5.74, 6) is 0. The van der Waals surface area contributed by atoms with E-state index in [0.717, 1.165) is 16.5 Å². The molecule has 92 valence electrons. The fourth-order valence-electron chi connectivity index (χ4n) is 1.43. The molecule has 18 heavy (non-hydrogen) atoms. The summed E-state index contributed by atoms with van der Waals surface area (Å²) in [5.41, 5.74) is 2.77. The van der Waals surface area contributed by atoms with Crippen LogP contribution in [0, 0.1) is 11.3 Å². The van der Waals surface area contributed by atoms with Gasteiger partial charge < -0.3 is 5.32 Å². The van der Waals surface area contributed by atoms with E-state index in [1.807, 2.05) is 12.1 Å². The molecule has 0 radical (unpaired) electrons. The molecule has 0 aliphatic rings. The fraction of sp³-hybridized carbons (Fsp3) is 0.286. The number of benzene rings is 1.